The van der Waals surface area contributed by atoms with Crippen LogP contribution in [-0.4, -0.2) is 46.9 Å². The number of rotatable bonds is 6. The maximum absolute atomic E-state index is 12.6. The number of benzene rings is 2. The van der Waals surface area contributed by atoms with Crippen molar-refractivity contribution in [1.29, 1.82) is 0 Å². The third-order valence-corrected chi connectivity index (χ3v) is 5.41. The molecule has 2 aromatic carbocycles. The van der Waals surface area contributed by atoms with E-state index in [4.69, 9.17) is 4.74 Å². The lowest BCUT2D eigenvalue weighted by Gasteiger charge is -2.33. The summed E-state index contributed by atoms with van der Waals surface area (Å²) in [5, 5.41) is 18.2. The zero-order valence-corrected chi connectivity index (χ0v) is 17.1. The number of methoxy groups -OCH3 is 1. The van der Waals surface area contributed by atoms with Crippen molar-refractivity contribution in [3.63, 3.8) is 0 Å². The van der Waals surface area contributed by atoms with Gasteiger partial charge in [-0.25, -0.2) is 4.68 Å². The van der Waals surface area contributed by atoms with Crippen molar-refractivity contribution in [2.75, 3.05) is 25.1 Å². The second-order valence-electron chi connectivity index (χ2n) is 7.35. The molecule has 1 aliphatic heterocycles. The van der Waals surface area contributed by atoms with Gasteiger partial charge in [0.05, 0.1) is 17.7 Å². The Morgan fingerprint density at radius 2 is 1.71 bits per heavy atom. The fourth-order valence-corrected chi connectivity index (χ4v) is 3.65. The Labute approximate surface area is 179 Å². The standard InChI is InChI=1S/C22H23N5O4/c1-31-20-8-6-17(7-9-20)25-13-10-16(11-14-25)23-22(28)21-12-15-26(24-21)18-2-4-19(5-3-18)27(29)30/h2-9,12,15-16H,10-11,13-14H2,1H3,(H,23,28). The van der Waals surface area contributed by atoms with Crippen LogP contribution in [-0.2, 0) is 0 Å². The number of nitro benzene ring substituents is 1. The minimum absolute atomic E-state index is 0.00913. The predicted octanol–water partition coefficient (Wildman–Crippen LogP) is 3.19. The highest BCUT2D eigenvalue weighted by Gasteiger charge is 2.22. The molecule has 1 amide bonds. The maximum Gasteiger partial charge on any atom is 0.272 e. The summed E-state index contributed by atoms with van der Waals surface area (Å²) in [5.41, 5.74) is 2.12. The van der Waals surface area contributed by atoms with Crippen LogP contribution in [0.2, 0.25) is 0 Å². The number of hydrogen-bond acceptors (Lipinski definition) is 6. The van der Waals surface area contributed by atoms with Crippen LogP contribution >= 0.6 is 0 Å². The normalized spacial score (nSPS) is 14.3. The first-order valence-electron chi connectivity index (χ1n) is 10.0. The van der Waals surface area contributed by atoms with Crippen molar-refractivity contribution in [1.82, 2.24) is 15.1 Å². The summed E-state index contributed by atoms with van der Waals surface area (Å²) < 4.78 is 6.74. The summed E-state index contributed by atoms with van der Waals surface area (Å²) in [7, 11) is 1.65. The number of piperidine rings is 1. The van der Waals surface area contributed by atoms with E-state index in [1.165, 1.54) is 16.8 Å². The smallest absolute Gasteiger partial charge is 0.272 e. The molecule has 0 aliphatic carbocycles. The highest BCUT2D eigenvalue weighted by molar-refractivity contribution is 5.92. The van der Waals surface area contributed by atoms with Gasteiger partial charge in [-0.2, -0.15) is 5.10 Å². The van der Waals surface area contributed by atoms with E-state index in [1.54, 1.807) is 31.5 Å². The summed E-state index contributed by atoms with van der Waals surface area (Å²) in [6.07, 6.45) is 3.37. The quantitative estimate of drug-likeness (QED) is 0.484. The van der Waals surface area contributed by atoms with E-state index in [0.29, 0.717) is 11.4 Å². The molecule has 0 bridgehead atoms. The third-order valence-electron chi connectivity index (χ3n) is 5.41. The van der Waals surface area contributed by atoms with Crippen LogP contribution in [0.4, 0.5) is 11.4 Å². The van der Waals surface area contributed by atoms with Gasteiger partial charge in [0.1, 0.15) is 5.75 Å². The fourth-order valence-electron chi connectivity index (χ4n) is 3.65. The highest BCUT2D eigenvalue weighted by atomic mass is 16.6. The monoisotopic (exact) mass is 421 g/mol. The minimum atomic E-state index is -0.453. The number of nitro groups is 1. The van der Waals surface area contributed by atoms with E-state index in [9.17, 15) is 14.9 Å². The van der Waals surface area contributed by atoms with E-state index in [1.807, 2.05) is 24.3 Å². The number of carbonyl (C=O) groups excluding carboxylic acids is 1. The number of aromatic nitrogens is 2. The van der Waals surface area contributed by atoms with Gasteiger partial charge in [-0.1, -0.05) is 0 Å². The molecule has 1 fully saturated rings. The molecule has 1 N–H and O–H groups in total. The molecule has 9 nitrogen and oxygen atoms in total. The lowest BCUT2D eigenvalue weighted by molar-refractivity contribution is -0.384. The Bertz CT molecular complexity index is 1050. The number of ether oxygens (including phenoxy) is 1. The summed E-state index contributed by atoms with van der Waals surface area (Å²) in [4.78, 5) is 25.2. The van der Waals surface area contributed by atoms with Gasteiger partial charge in [0.15, 0.2) is 5.69 Å². The van der Waals surface area contributed by atoms with Gasteiger partial charge in [0.2, 0.25) is 0 Å². The Morgan fingerprint density at radius 1 is 1.06 bits per heavy atom. The van der Waals surface area contributed by atoms with Crippen LogP contribution in [0.25, 0.3) is 5.69 Å². The average molecular weight is 421 g/mol. The second kappa shape index (κ2) is 8.86. The van der Waals surface area contributed by atoms with Gasteiger partial charge >= 0.3 is 0 Å². The van der Waals surface area contributed by atoms with Gasteiger partial charge < -0.3 is 15.0 Å². The SMILES string of the molecule is COc1ccc(N2CCC(NC(=O)c3ccn(-c4ccc([N+](=O)[O-])cc4)n3)CC2)cc1. The van der Waals surface area contributed by atoms with Crippen LogP contribution in [0.15, 0.2) is 60.8 Å². The van der Waals surface area contributed by atoms with Gasteiger partial charge in [-0.15, -0.1) is 0 Å². The fraction of sp³-hybridized carbons (Fsp3) is 0.273. The summed E-state index contributed by atoms with van der Waals surface area (Å²) >= 11 is 0. The Balaban J connectivity index is 1.32. The number of anilines is 1. The number of hydrogen-bond donors (Lipinski definition) is 1. The first kappa shape index (κ1) is 20.4. The number of amides is 1. The molecule has 3 aromatic rings. The number of carbonyl (C=O) groups is 1. The molecule has 0 radical (unpaired) electrons. The van der Waals surface area contributed by atoms with E-state index in [-0.39, 0.29) is 17.6 Å². The lowest BCUT2D eigenvalue weighted by atomic mass is 10.0. The summed E-state index contributed by atoms with van der Waals surface area (Å²) in [5.74, 6) is 0.614. The molecular formula is C22H23N5O4. The van der Waals surface area contributed by atoms with Gasteiger partial charge in [-0.3, -0.25) is 14.9 Å². The van der Waals surface area contributed by atoms with E-state index in [2.05, 4.69) is 15.3 Å². The number of nitrogens with zero attached hydrogens (tertiary/aromatic N) is 4. The molecule has 31 heavy (non-hydrogen) atoms. The Hall–Kier alpha value is -3.88. The molecule has 1 aromatic heterocycles. The highest BCUT2D eigenvalue weighted by Crippen LogP contribution is 2.23. The zero-order chi connectivity index (χ0) is 21.8. The molecule has 9 heteroatoms. The topological polar surface area (TPSA) is 103 Å². The molecule has 1 saturated heterocycles. The first-order chi connectivity index (χ1) is 15.0. The second-order valence-corrected chi connectivity index (χ2v) is 7.35. The molecule has 4 rings (SSSR count). The number of non-ortho nitro benzene ring substituents is 1. The maximum atomic E-state index is 12.6. The van der Waals surface area contributed by atoms with Crippen LogP contribution in [0.5, 0.6) is 5.75 Å². The molecule has 2 heterocycles. The van der Waals surface area contributed by atoms with Crippen LogP contribution in [0.1, 0.15) is 23.3 Å². The zero-order valence-electron chi connectivity index (χ0n) is 17.1. The van der Waals surface area contributed by atoms with Crippen LogP contribution < -0.4 is 15.0 Å². The van der Waals surface area contributed by atoms with E-state index in [0.717, 1.165) is 37.4 Å². The molecular weight excluding hydrogens is 398 g/mol. The molecule has 160 valence electrons. The minimum Gasteiger partial charge on any atom is -0.497 e. The Morgan fingerprint density at radius 3 is 2.32 bits per heavy atom. The van der Waals surface area contributed by atoms with Crippen molar-refractivity contribution in [3.8, 4) is 11.4 Å². The molecule has 0 unspecified atom stereocenters. The van der Waals surface area contributed by atoms with Gasteiger partial charge in [0.25, 0.3) is 11.6 Å². The lowest BCUT2D eigenvalue weighted by Crippen LogP contribution is -2.44. The van der Waals surface area contributed by atoms with Crippen molar-refractivity contribution in [3.05, 3.63) is 76.6 Å². The van der Waals surface area contributed by atoms with Crippen LogP contribution in [0.3, 0.4) is 0 Å². The first-order valence-corrected chi connectivity index (χ1v) is 10.0. The van der Waals surface area contributed by atoms with Gasteiger partial charge in [-0.05, 0) is 55.3 Å². The Kier molecular flexibility index (Phi) is 5.83. The van der Waals surface area contributed by atoms with E-state index < -0.39 is 4.92 Å². The van der Waals surface area contributed by atoms with E-state index >= 15 is 0 Å². The summed E-state index contributed by atoms with van der Waals surface area (Å²) in [6.45, 7) is 1.71. The van der Waals surface area contributed by atoms with Crippen molar-refractivity contribution < 1.29 is 14.5 Å². The molecule has 1 aliphatic rings. The summed E-state index contributed by atoms with van der Waals surface area (Å²) in [6, 6.07) is 15.7. The van der Waals surface area contributed by atoms with Crippen molar-refractivity contribution in [2.45, 2.75) is 18.9 Å². The van der Waals surface area contributed by atoms with Crippen molar-refractivity contribution >= 4 is 17.3 Å². The molecule has 0 saturated carbocycles. The average Bonchev–Trinajstić information content (AvgIpc) is 3.30. The molecule has 0 atom stereocenters. The largest absolute Gasteiger partial charge is 0.497 e. The predicted molar refractivity (Wildman–Crippen MR) is 116 cm³/mol. The van der Waals surface area contributed by atoms with Crippen LogP contribution in [0, 0.1) is 10.1 Å². The third kappa shape index (κ3) is 4.66. The van der Waals surface area contributed by atoms with Crippen molar-refractivity contribution in [2.24, 2.45) is 0 Å². The number of nitrogens with one attached hydrogen (secondary N) is 1. The molecule has 0 spiro atoms. The van der Waals surface area contributed by atoms with Gasteiger partial charge in [0, 0.05) is 43.1 Å².